The first kappa shape index (κ1) is 15.9. The molecular formula is C15H11BrF3N3O. The molecular weight excluding hydrogens is 375 g/mol. The number of aliphatic hydroxyl groups is 1. The van der Waals surface area contributed by atoms with Crippen molar-refractivity contribution in [2.75, 3.05) is 5.32 Å². The number of nitrogens with one attached hydrogen (secondary N) is 1. The second kappa shape index (κ2) is 5.61. The Labute approximate surface area is 138 Å². The van der Waals surface area contributed by atoms with Gasteiger partial charge in [0, 0.05) is 17.1 Å². The molecule has 1 atom stereocenters. The van der Waals surface area contributed by atoms with Gasteiger partial charge in [0.2, 0.25) is 5.72 Å². The third-order valence-corrected chi connectivity index (χ3v) is 3.97. The number of fused-ring (bicyclic) bond motifs is 1. The minimum Gasteiger partial charge on any atom is -0.363 e. The van der Waals surface area contributed by atoms with Gasteiger partial charge in [-0.2, -0.15) is 13.2 Å². The third-order valence-electron chi connectivity index (χ3n) is 3.44. The molecule has 8 heteroatoms. The van der Waals surface area contributed by atoms with Crippen molar-refractivity contribution in [3.63, 3.8) is 0 Å². The highest BCUT2D eigenvalue weighted by Crippen LogP contribution is 2.39. The van der Waals surface area contributed by atoms with E-state index < -0.39 is 18.3 Å². The molecule has 3 rings (SSSR count). The predicted octanol–water partition coefficient (Wildman–Crippen LogP) is 4.03. The lowest BCUT2D eigenvalue weighted by Gasteiger charge is -2.30. The number of benzene rings is 1. The minimum absolute atomic E-state index is 0.112. The van der Waals surface area contributed by atoms with Gasteiger partial charge in [-0.25, -0.2) is 9.98 Å². The zero-order valence-corrected chi connectivity index (χ0v) is 13.2. The molecule has 120 valence electrons. The van der Waals surface area contributed by atoms with E-state index in [1.165, 1.54) is 12.3 Å². The molecule has 0 amide bonds. The van der Waals surface area contributed by atoms with E-state index in [0.717, 1.165) is 4.47 Å². The van der Waals surface area contributed by atoms with Crippen LogP contribution >= 0.6 is 15.9 Å². The summed E-state index contributed by atoms with van der Waals surface area (Å²) in [5, 5.41) is 12.2. The molecule has 23 heavy (non-hydrogen) atoms. The van der Waals surface area contributed by atoms with Crippen molar-refractivity contribution in [2.45, 2.75) is 18.3 Å². The first-order valence-corrected chi connectivity index (χ1v) is 7.44. The Bertz CT molecular complexity index is 761. The summed E-state index contributed by atoms with van der Waals surface area (Å²) in [6, 6.07) is 9.79. The molecule has 1 aromatic carbocycles. The van der Waals surface area contributed by atoms with Crippen LogP contribution in [0.15, 0.2) is 52.1 Å². The van der Waals surface area contributed by atoms with Gasteiger partial charge in [0.05, 0.1) is 5.71 Å². The van der Waals surface area contributed by atoms with Crippen molar-refractivity contribution in [1.82, 2.24) is 4.98 Å². The Morgan fingerprint density at radius 1 is 1.17 bits per heavy atom. The lowest BCUT2D eigenvalue weighted by Crippen LogP contribution is -2.53. The van der Waals surface area contributed by atoms with Crippen LogP contribution in [0.2, 0.25) is 0 Å². The molecule has 2 aromatic rings. The van der Waals surface area contributed by atoms with E-state index in [4.69, 9.17) is 0 Å². The lowest BCUT2D eigenvalue weighted by atomic mass is 9.99. The molecule has 0 saturated heterocycles. The highest BCUT2D eigenvalue weighted by atomic mass is 79.9. The van der Waals surface area contributed by atoms with Crippen LogP contribution in [-0.4, -0.2) is 27.7 Å². The van der Waals surface area contributed by atoms with Crippen molar-refractivity contribution < 1.29 is 18.3 Å². The van der Waals surface area contributed by atoms with Gasteiger partial charge in [-0.1, -0.05) is 28.1 Å². The van der Waals surface area contributed by atoms with Crippen LogP contribution in [0, 0.1) is 0 Å². The van der Waals surface area contributed by atoms with Gasteiger partial charge in [-0.15, -0.1) is 0 Å². The fourth-order valence-electron chi connectivity index (χ4n) is 2.23. The molecule has 1 aliphatic rings. The fourth-order valence-corrected chi connectivity index (χ4v) is 2.49. The van der Waals surface area contributed by atoms with E-state index in [2.05, 4.69) is 31.2 Å². The molecule has 1 aromatic heterocycles. The standard InChI is InChI=1S/C15H11BrF3N3O/c16-10-5-3-9(4-6-10)12-8-14(23,15(17,18)19)22-13-11(21-12)2-1-7-20-13/h1-7,23H,8H2,(H,20,22). The van der Waals surface area contributed by atoms with Gasteiger partial charge in [-0.3, -0.25) is 0 Å². The SMILES string of the molecule is OC1(C(F)(F)F)CC(c2ccc(Br)cc2)=Nc2cccnc2N1. The van der Waals surface area contributed by atoms with Gasteiger partial charge in [0.1, 0.15) is 5.69 Å². The summed E-state index contributed by atoms with van der Waals surface area (Å²) in [6.45, 7) is 0. The van der Waals surface area contributed by atoms with Gasteiger partial charge in [-0.05, 0) is 29.8 Å². The number of hydrogen-bond donors (Lipinski definition) is 2. The molecule has 0 bridgehead atoms. The number of hydrogen-bond acceptors (Lipinski definition) is 4. The number of anilines is 1. The van der Waals surface area contributed by atoms with Crippen molar-refractivity contribution in [3.05, 3.63) is 52.6 Å². The zero-order valence-electron chi connectivity index (χ0n) is 11.6. The molecule has 0 fully saturated rings. The topological polar surface area (TPSA) is 57.5 Å². The first-order valence-electron chi connectivity index (χ1n) is 6.64. The Kier molecular flexibility index (Phi) is 3.89. The molecule has 2 heterocycles. The maximum Gasteiger partial charge on any atom is 0.436 e. The zero-order chi connectivity index (χ0) is 16.7. The van der Waals surface area contributed by atoms with E-state index in [0.29, 0.717) is 5.56 Å². The molecule has 4 nitrogen and oxygen atoms in total. The minimum atomic E-state index is -4.89. The number of aliphatic imine (C=N–C) groups is 1. The second-order valence-corrected chi connectivity index (χ2v) is 6.01. The number of rotatable bonds is 1. The summed E-state index contributed by atoms with van der Waals surface area (Å²) in [5.74, 6) is -0.112. The van der Waals surface area contributed by atoms with Crippen molar-refractivity contribution in [1.29, 1.82) is 0 Å². The summed E-state index contributed by atoms with van der Waals surface area (Å²) >= 11 is 3.27. The Morgan fingerprint density at radius 2 is 1.87 bits per heavy atom. The summed E-state index contributed by atoms with van der Waals surface area (Å²) < 4.78 is 40.8. The van der Waals surface area contributed by atoms with Gasteiger partial charge in [0.25, 0.3) is 0 Å². The van der Waals surface area contributed by atoms with Crippen molar-refractivity contribution in [2.24, 2.45) is 4.99 Å². The molecule has 0 aliphatic carbocycles. The Morgan fingerprint density at radius 3 is 2.52 bits per heavy atom. The van der Waals surface area contributed by atoms with E-state index in [-0.39, 0.29) is 17.2 Å². The van der Waals surface area contributed by atoms with E-state index in [1.54, 1.807) is 30.3 Å². The van der Waals surface area contributed by atoms with Crippen molar-refractivity contribution >= 4 is 33.1 Å². The largest absolute Gasteiger partial charge is 0.436 e. The number of aromatic nitrogens is 1. The van der Waals surface area contributed by atoms with Crippen LogP contribution in [0.4, 0.5) is 24.7 Å². The van der Waals surface area contributed by atoms with E-state index in [9.17, 15) is 18.3 Å². The second-order valence-electron chi connectivity index (χ2n) is 5.10. The van der Waals surface area contributed by atoms with Gasteiger partial charge in [0.15, 0.2) is 5.82 Å². The van der Waals surface area contributed by atoms with E-state index in [1.807, 2.05) is 0 Å². The highest BCUT2D eigenvalue weighted by Gasteiger charge is 2.55. The smallest absolute Gasteiger partial charge is 0.363 e. The molecule has 0 spiro atoms. The third kappa shape index (κ3) is 3.09. The summed E-state index contributed by atoms with van der Waals surface area (Å²) in [7, 11) is 0. The molecule has 2 N–H and O–H groups in total. The van der Waals surface area contributed by atoms with Crippen molar-refractivity contribution in [3.8, 4) is 0 Å². The summed E-state index contributed by atoms with van der Waals surface area (Å²) in [6.07, 6.45) is -4.28. The normalized spacial score (nSPS) is 21.0. The number of alkyl halides is 3. The highest BCUT2D eigenvalue weighted by molar-refractivity contribution is 9.10. The molecule has 0 saturated carbocycles. The first-order chi connectivity index (χ1) is 10.8. The average molecular weight is 386 g/mol. The van der Waals surface area contributed by atoms with Crippen LogP contribution in [0.1, 0.15) is 12.0 Å². The van der Waals surface area contributed by atoms with Crippen LogP contribution in [0.5, 0.6) is 0 Å². The maximum atomic E-state index is 13.4. The fraction of sp³-hybridized carbons (Fsp3) is 0.200. The number of halogens is 4. The quantitative estimate of drug-likeness (QED) is 0.778. The Hall–Kier alpha value is -1.93. The Balaban J connectivity index is 2.14. The van der Waals surface area contributed by atoms with Crippen LogP contribution in [-0.2, 0) is 0 Å². The monoisotopic (exact) mass is 385 g/mol. The number of pyridine rings is 1. The maximum absolute atomic E-state index is 13.4. The predicted molar refractivity (Wildman–Crippen MR) is 83.8 cm³/mol. The van der Waals surface area contributed by atoms with Crippen LogP contribution in [0.3, 0.4) is 0 Å². The van der Waals surface area contributed by atoms with Gasteiger partial charge < -0.3 is 10.4 Å². The van der Waals surface area contributed by atoms with Crippen LogP contribution in [0.25, 0.3) is 0 Å². The molecule has 0 radical (unpaired) electrons. The van der Waals surface area contributed by atoms with Crippen LogP contribution < -0.4 is 5.32 Å². The summed E-state index contributed by atoms with van der Waals surface area (Å²) in [5.41, 5.74) is -2.28. The summed E-state index contributed by atoms with van der Waals surface area (Å²) in [4.78, 5) is 8.11. The van der Waals surface area contributed by atoms with Gasteiger partial charge >= 0.3 is 6.18 Å². The van der Waals surface area contributed by atoms with E-state index >= 15 is 0 Å². The molecule has 1 aliphatic heterocycles. The average Bonchev–Trinajstić information content (AvgIpc) is 2.64. The molecule has 1 unspecified atom stereocenters. The lowest BCUT2D eigenvalue weighted by molar-refractivity contribution is -0.245. The number of nitrogens with zero attached hydrogens (tertiary/aromatic N) is 2.